The van der Waals surface area contributed by atoms with Crippen molar-refractivity contribution in [2.24, 2.45) is 0 Å². The van der Waals surface area contributed by atoms with Crippen LogP contribution in [0.4, 0.5) is 13.2 Å². The van der Waals surface area contributed by atoms with Gasteiger partial charge in [-0.1, -0.05) is 12.1 Å². The number of nitrogens with zero attached hydrogens (tertiary/aromatic N) is 1. The Balaban J connectivity index is 2.95. The predicted molar refractivity (Wildman–Crippen MR) is 57.4 cm³/mol. The lowest BCUT2D eigenvalue weighted by Crippen LogP contribution is -2.18. The molecule has 0 aliphatic heterocycles. The van der Waals surface area contributed by atoms with E-state index in [4.69, 9.17) is 0 Å². The fraction of sp³-hybridized carbons (Fsp3) is 0.182. The lowest BCUT2D eigenvalue weighted by molar-refractivity contribution is -0.136. The molecule has 0 unspecified atom stereocenters. The number of fused-ring (bicyclic) bond motifs is 1. The van der Waals surface area contributed by atoms with E-state index < -0.39 is 28.7 Å². The molecular formula is C11H7F3N2O2. The first-order valence-electron chi connectivity index (χ1n) is 4.92. The summed E-state index contributed by atoms with van der Waals surface area (Å²) < 4.78 is 38.2. The standard InChI is InChI=1S/C11H7F3N2O2/c1-5(17)8-6-3-2-4-7(11(12,13)14)9(6)16-10(18)15-8/h2-4H,1H3,(H,15,16,18). The molecule has 0 amide bonds. The van der Waals surface area contributed by atoms with Gasteiger partial charge in [-0.25, -0.2) is 4.79 Å². The first-order valence-corrected chi connectivity index (χ1v) is 4.92. The fourth-order valence-electron chi connectivity index (χ4n) is 1.68. The number of para-hydroxylation sites is 1. The molecule has 18 heavy (non-hydrogen) atoms. The molecule has 1 heterocycles. The number of carbonyl (C=O) groups excluding carboxylic acids is 1. The minimum Gasteiger partial charge on any atom is -0.302 e. The zero-order valence-electron chi connectivity index (χ0n) is 9.13. The van der Waals surface area contributed by atoms with Crippen LogP contribution >= 0.6 is 0 Å². The van der Waals surface area contributed by atoms with E-state index in [9.17, 15) is 22.8 Å². The lowest BCUT2D eigenvalue weighted by Gasteiger charge is -2.10. The van der Waals surface area contributed by atoms with Gasteiger partial charge in [-0.15, -0.1) is 0 Å². The van der Waals surface area contributed by atoms with Gasteiger partial charge in [-0.05, 0) is 6.07 Å². The largest absolute Gasteiger partial charge is 0.418 e. The topological polar surface area (TPSA) is 62.8 Å². The third-order valence-corrected chi connectivity index (χ3v) is 2.41. The van der Waals surface area contributed by atoms with Gasteiger partial charge >= 0.3 is 11.9 Å². The highest BCUT2D eigenvalue weighted by atomic mass is 19.4. The number of hydrogen-bond donors (Lipinski definition) is 1. The van der Waals surface area contributed by atoms with Crippen LogP contribution in [0.15, 0.2) is 23.0 Å². The third-order valence-electron chi connectivity index (χ3n) is 2.41. The smallest absolute Gasteiger partial charge is 0.302 e. The molecule has 1 aromatic carbocycles. The van der Waals surface area contributed by atoms with Crippen LogP contribution in [0.1, 0.15) is 23.0 Å². The number of carbonyl (C=O) groups is 1. The van der Waals surface area contributed by atoms with E-state index in [-0.39, 0.29) is 11.1 Å². The van der Waals surface area contributed by atoms with Gasteiger partial charge in [0.2, 0.25) is 0 Å². The molecule has 1 N–H and O–H groups in total. The molecular weight excluding hydrogens is 249 g/mol. The summed E-state index contributed by atoms with van der Waals surface area (Å²) in [6.45, 7) is 1.16. The van der Waals surface area contributed by atoms with Crippen molar-refractivity contribution in [3.8, 4) is 0 Å². The van der Waals surface area contributed by atoms with Gasteiger partial charge in [-0.3, -0.25) is 4.79 Å². The number of benzene rings is 1. The van der Waals surface area contributed by atoms with E-state index in [0.717, 1.165) is 19.1 Å². The van der Waals surface area contributed by atoms with Crippen LogP contribution in [0.2, 0.25) is 0 Å². The van der Waals surface area contributed by atoms with Gasteiger partial charge in [0.1, 0.15) is 0 Å². The summed E-state index contributed by atoms with van der Waals surface area (Å²) in [7, 11) is 0. The Morgan fingerprint density at radius 1 is 1.33 bits per heavy atom. The number of aromatic amines is 1. The van der Waals surface area contributed by atoms with Crippen LogP contribution in [0.25, 0.3) is 10.9 Å². The fourth-order valence-corrected chi connectivity index (χ4v) is 1.68. The van der Waals surface area contributed by atoms with Crippen LogP contribution in [0.5, 0.6) is 0 Å². The zero-order chi connectivity index (χ0) is 13.5. The predicted octanol–water partition coefficient (Wildman–Crippen LogP) is 2.14. The molecule has 0 aliphatic rings. The summed E-state index contributed by atoms with van der Waals surface area (Å²) in [6.07, 6.45) is -4.63. The molecule has 2 aromatic rings. The molecule has 7 heteroatoms. The number of H-pyrrole nitrogens is 1. The molecule has 0 bridgehead atoms. The highest BCUT2D eigenvalue weighted by Gasteiger charge is 2.33. The molecule has 2 rings (SSSR count). The van der Waals surface area contributed by atoms with Crippen molar-refractivity contribution in [3.05, 3.63) is 39.9 Å². The van der Waals surface area contributed by atoms with Crippen LogP contribution in [0.3, 0.4) is 0 Å². The molecule has 0 radical (unpaired) electrons. The second-order valence-electron chi connectivity index (χ2n) is 3.67. The number of halogens is 3. The maximum Gasteiger partial charge on any atom is 0.418 e. The van der Waals surface area contributed by atoms with Crippen LogP contribution in [-0.2, 0) is 6.18 Å². The normalized spacial score (nSPS) is 11.8. The minimum absolute atomic E-state index is 0.0167. The van der Waals surface area contributed by atoms with Gasteiger partial charge in [0.25, 0.3) is 0 Å². The summed E-state index contributed by atoms with van der Waals surface area (Å²) in [6, 6.07) is 3.29. The first kappa shape index (κ1) is 12.3. The summed E-state index contributed by atoms with van der Waals surface area (Å²) in [4.78, 5) is 27.9. The summed E-state index contributed by atoms with van der Waals surface area (Å²) in [5, 5.41) is -0.0167. The second kappa shape index (κ2) is 3.94. The molecule has 4 nitrogen and oxygen atoms in total. The quantitative estimate of drug-likeness (QED) is 0.795. The zero-order valence-corrected chi connectivity index (χ0v) is 9.13. The number of hydrogen-bond acceptors (Lipinski definition) is 3. The third kappa shape index (κ3) is 1.99. The van der Waals surface area contributed by atoms with E-state index in [1.54, 1.807) is 0 Å². The Morgan fingerprint density at radius 3 is 2.56 bits per heavy atom. The van der Waals surface area contributed by atoms with Crippen molar-refractivity contribution in [3.63, 3.8) is 0 Å². The Hall–Kier alpha value is -2.18. The lowest BCUT2D eigenvalue weighted by atomic mass is 10.1. The highest BCUT2D eigenvalue weighted by Crippen LogP contribution is 2.33. The van der Waals surface area contributed by atoms with E-state index in [2.05, 4.69) is 9.97 Å². The molecule has 1 aromatic heterocycles. The van der Waals surface area contributed by atoms with Crippen LogP contribution < -0.4 is 5.69 Å². The number of alkyl halides is 3. The van der Waals surface area contributed by atoms with Gasteiger partial charge in [0, 0.05) is 12.3 Å². The van der Waals surface area contributed by atoms with Crippen LogP contribution in [-0.4, -0.2) is 15.8 Å². The number of nitrogens with one attached hydrogen (secondary N) is 1. The molecule has 0 saturated heterocycles. The van der Waals surface area contributed by atoms with Crippen LogP contribution in [0, 0.1) is 0 Å². The minimum atomic E-state index is -4.63. The van der Waals surface area contributed by atoms with Crippen molar-refractivity contribution < 1.29 is 18.0 Å². The maximum absolute atomic E-state index is 12.7. The Kier molecular flexibility index (Phi) is 2.68. The average Bonchev–Trinajstić information content (AvgIpc) is 2.25. The number of Topliss-reactive ketones (excluding diaryl/α,β-unsaturated/α-hetero) is 1. The molecule has 94 valence electrons. The summed E-state index contributed by atoms with van der Waals surface area (Å²) in [5.74, 6) is -0.529. The van der Waals surface area contributed by atoms with Crippen molar-refractivity contribution in [2.75, 3.05) is 0 Å². The highest BCUT2D eigenvalue weighted by molar-refractivity contribution is 6.04. The number of ketones is 1. The molecule has 0 aliphatic carbocycles. The van der Waals surface area contributed by atoms with Crippen molar-refractivity contribution in [2.45, 2.75) is 13.1 Å². The monoisotopic (exact) mass is 256 g/mol. The van der Waals surface area contributed by atoms with E-state index >= 15 is 0 Å². The Bertz CT molecular complexity index is 689. The summed E-state index contributed by atoms with van der Waals surface area (Å²) in [5.41, 5.74) is -2.70. The Morgan fingerprint density at radius 2 is 2.00 bits per heavy atom. The van der Waals surface area contributed by atoms with Gasteiger partial charge in [-0.2, -0.15) is 18.2 Å². The maximum atomic E-state index is 12.7. The molecule has 0 atom stereocenters. The average molecular weight is 256 g/mol. The molecule has 0 spiro atoms. The van der Waals surface area contributed by atoms with Gasteiger partial charge in [0.05, 0.1) is 16.8 Å². The van der Waals surface area contributed by atoms with Crippen molar-refractivity contribution in [1.29, 1.82) is 0 Å². The molecule has 0 fully saturated rings. The second-order valence-corrected chi connectivity index (χ2v) is 3.67. The Labute approximate surface area is 98.5 Å². The number of aromatic nitrogens is 2. The van der Waals surface area contributed by atoms with E-state index in [1.807, 2.05) is 0 Å². The van der Waals surface area contributed by atoms with E-state index in [0.29, 0.717) is 0 Å². The van der Waals surface area contributed by atoms with Gasteiger partial charge in [0.15, 0.2) is 5.78 Å². The van der Waals surface area contributed by atoms with Gasteiger partial charge < -0.3 is 4.98 Å². The SMILES string of the molecule is CC(=O)c1[nH]c(=O)nc2c(C(F)(F)F)cccc12. The first-order chi connectivity index (χ1) is 8.30. The summed E-state index contributed by atoms with van der Waals surface area (Å²) >= 11 is 0. The van der Waals surface area contributed by atoms with Crippen molar-refractivity contribution in [1.82, 2.24) is 9.97 Å². The molecule has 0 saturated carbocycles. The van der Waals surface area contributed by atoms with E-state index in [1.165, 1.54) is 6.07 Å². The number of rotatable bonds is 1. The van der Waals surface area contributed by atoms with Crippen molar-refractivity contribution >= 4 is 16.7 Å².